The maximum atomic E-state index is 12.4. The lowest BCUT2D eigenvalue weighted by molar-refractivity contribution is -0.138. The predicted octanol–water partition coefficient (Wildman–Crippen LogP) is -0.920. The second-order valence-electron chi connectivity index (χ2n) is 6.57. The first kappa shape index (κ1) is 15.6. The summed E-state index contributed by atoms with van der Waals surface area (Å²) in [6.45, 7) is 0. The molecule has 4 N–H and O–H groups in total. The first-order chi connectivity index (χ1) is 12.0. The van der Waals surface area contributed by atoms with Crippen molar-refractivity contribution in [2.24, 2.45) is 11.8 Å². The van der Waals surface area contributed by atoms with Gasteiger partial charge in [-0.15, -0.1) is 0 Å². The molecule has 1 aromatic rings. The molecule has 1 aromatic heterocycles. The molecule has 2 aliphatic heterocycles. The van der Waals surface area contributed by atoms with Gasteiger partial charge >= 0.3 is 11.7 Å². The monoisotopic (exact) mass is 348 g/mol. The number of carbonyl (C=O) groups excluding carboxylic acids is 3. The van der Waals surface area contributed by atoms with Crippen LogP contribution in [0.3, 0.4) is 0 Å². The van der Waals surface area contributed by atoms with Crippen LogP contribution in [0.15, 0.2) is 9.59 Å². The summed E-state index contributed by atoms with van der Waals surface area (Å²) in [5, 5.41) is 4.16. The van der Waals surface area contributed by atoms with E-state index in [0.717, 1.165) is 12.8 Å². The van der Waals surface area contributed by atoms with Gasteiger partial charge in [0.05, 0.1) is 5.56 Å². The molecule has 10 nitrogen and oxygen atoms in total. The number of nitrogens with one attached hydrogen (secondary N) is 4. The molecule has 25 heavy (non-hydrogen) atoms. The highest BCUT2D eigenvalue weighted by Gasteiger charge is 2.51. The van der Waals surface area contributed by atoms with Crippen molar-refractivity contribution in [2.75, 3.05) is 0 Å². The number of urea groups is 1. The highest BCUT2D eigenvalue weighted by Crippen LogP contribution is 2.47. The van der Waals surface area contributed by atoms with Gasteiger partial charge in [-0.1, -0.05) is 6.42 Å². The third-order valence-electron chi connectivity index (χ3n) is 5.16. The molecule has 10 heteroatoms. The van der Waals surface area contributed by atoms with Crippen molar-refractivity contribution < 1.29 is 19.1 Å². The Morgan fingerprint density at radius 2 is 1.56 bits per heavy atom. The van der Waals surface area contributed by atoms with Gasteiger partial charge in [0.1, 0.15) is 12.0 Å². The molecule has 3 aliphatic rings. The first-order valence-electron chi connectivity index (χ1n) is 8.14. The van der Waals surface area contributed by atoms with Crippen LogP contribution in [-0.4, -0.2) is 33.9 Å². The highest BCUT2D eigenvalue weighted by molar-refractivity contribution is 6.16. The number of fused-ring (bicyclic) bond motifs is 2. The van der Waals surface area contributed by atoms with E-state index in [1.165, 1.54) is 0 Å². The van der Waals surface area contributed by atoms with Crippen LogP contribution in [0.4, 0.5) is 4.79 Å². The number of carbonyl (C=O) groups is 3. The molecular weight excluding hydrogens is 332 g/mol. The fourth-order valence-corrected chi connectivity index (χ4v) is 4.19. The summed E-state index contributed by atoms with van der Waals surface area (Å²) in [4.78, 5) is 64.6. The van der Waals surface area contributed by atoms with Crippen LogP contribution in [0, 0.1) is 11.8 Å². The van der Waals surface area contributed by atoms with Crippen LogP contribution in [0.1, 0.15) is 37.2 Å². The molecular formula is C15H16N4O6. The van der Waals surface area contributed by atoms with E-state index in [1.807, 2.05) is 0 Å². The molecule has 3 atom stereocenters. The second-order valence-corrected chi connectivity index (χ2v) is 6.57. The zero-order valence-corrected chi connectivity index (χ0v) is 13.1. The number of imide groups is 2. The minimum Gasteiger partial charge on any atom is -0.475 e. The lowest BCUT2D eigenvalue weighted by Gasteiger charge is -2.43. The number of aromatic amines is 2. The summed E-state index contributed by atoms with van der Waals surface area (Å²) in [6.07, 6.45) is 2.87. The van der Waals surface area contributed by atoms with Crippen LogP contribution in [-0.2, 0) is 9.59 Å². The van der Waals surface area contributed by atoms with Crippen LogP contribution in [0.5, 0.6) is 5.88 Å². The summed E-state index contributed by atoms with van der Waals surface area (Å²) in [6, 6.07) is -0.880. The topological polar surface area (TPSA) is 150 Å². The van der Waals surface area contributed by atoms with Gasteiger partial charge in [-0.2, -0.15) is 0 Å². The van der Waals surface area contributed by atoms with E-state index in [0.29, 0.717) is 12.8 Å². The quantitative estimate of drug-likeness (QED) is 0.482. The van der Waals surface area contributed by atoms with E-state index in [1.54, 1.807) is 0 Å². The van der Waals surface area contributed by atoms with Gasteiger partial charge in [0.25, 0.3) is 5.56 Å². The van der Waals surface area contributed by atoms with Crippen molar-refractivity contribution in [3.8, 4) is 5.88 Å². The second kappa shape index (κ2) is 5.57. The van der Waals surface area contributed by atoms with Gasteiger partial charge < -0.3 is 4.74 Å². The Labute approximate surface area is 140 Å². The smallest absolute Gasteiger partial charge is 0.328 e. The molecule has 3 heterocycles. The maximum Gasteiger partial charge on any atom is 0.328 e. The highest BCUT2D eigenvalue weighted by atomic mass is 16.5. The third kappa shape index (κ3) is 2.44. The number of barbiturate groups is 1. The standard InChI is InChI=1S/C15H16N4O6/c20-10-8(11(21)17-14(23)16-10)7-5-3-1-2-4-6(5)25-13-9(7)12(22)18-15(24)19-13/h5-8H,1-4H2,(H2,18,19,22,24)(H2,16,17,20,21,23)/t5-,6-,7-/m1/s1. The van der Waals surface area contributed by atoms with Crippen LogP contribution in [0.25, 0.3) is 0 Å². The molecule has 132 valence electrons. The van der Waals surface area contributed by atoms with E-state index in [4.69, 9.17) is 4.74 Å². The number of hydrogen-bond donors (Lipinski definition) is 4. The Bertz CT molecular complexity index is 867. The van der Waals surface area contributed by atoms with E-state index in [2.05, 4.69) is 20.6 Å². The molecule has 4 amide bonds. The third-order valence-corrected chi connectivity index (χ3v) is 5.16. The van der Waals surface area contributed by atoms with Crippen molar-refractivity contribution in [1.82, 2.24) is 20.6 Å². The largest absolute Gasteiger partial charge is 0.475 e. The lowest BCUT2D eigenvalue weighted by Crippen LogP contribution is -2.60. The van der Waals surface area contributed by atoms with Gasteiger partial charge in [0.15, 0.2) is 0 Å². The average molecular weight is 348 g/mol. The minimum atomic E-state index is -1.24. The van der Waals surface area contributed by atoms with Crippen molar-refractivity contribution >= 4 is 17.8 Å². The number of ether oxygens (including phenoxy) is 1. The normalized spacial score (nSPS) is 29.1. The van der Waals surface area contributed by atoms with Gasteiger partial charge in [0.2, 0.25) is 17.7 Å². The number of H-pyrrole nitrogens is 2. The molecule has 2 fully saturated rings. The van der Waals surface area contributed by atoms with Crippen molar-refractivity contribution in [3.05, 3.63) is 26.4 Å². The molecule has 1 aliphatic carbocycles. The molecule has 0 spiro atoms. The van der Waals surface area contributed by atoms with Gasteiger partial charge in [-0.05, 0) is 19.3 Å². The fourth-order valence-electron chi connectivity index (χ4n) is 4.19. The van der Waals surface area contributed by atoms with Crippen molar-refractivity contribution in [1.29, 1.82) is 0 Å². The van der Waals surface area contributed by atoms with Crippen molar-refractivity contribution in [2.45, 2.75) is 37.7 Å². The van der Waals surface area contributed by atoms with E-state index < -0.39 is 40.9 Å². The van der Waals surface area contributed by atoms with Gasteiger partial charge in [-0.3, -0.25) is 35.0 Å². The molecule has 0 bridgehead atoms. The number of amides is 4. The fraction of sp³-hybridized carbons (Fsp3) is 0.533. The van der Waals surface area contributed by atoms with Gasteiger partial charge in [-0.25, -0.2) is 9.59 Å². The Kier molecular flexibility index (Phi) is 3.48. The van der Waals surface area contributed by atoms with E-state index >= 15 is 0 Å². The molecule has 4 rings (SSSR count). The summed E-state index contributed by atoms with van der Waals surface area (Å²) in [7, 11) is 0. The SMILES string of the molecule is O=C1NC(=O)C([C@@H]2c3c([nH]c(=O)[nH]c3=O)O[C@@H]3CCCC[C@H]32)C(=O)N1. The maximum absolute atomic E-state index is 12.4. The average Bonchev–Trinajstić information content (AvgIpc) is 2.52. The summed E-state index contributed by atoms with van der Waals surface area (Å²) < 4.78 is 5.80. The Hall–Kier alpha value is -2.91. The Morgan fingerprint density at radius 1 is 0.880 bits per heavy atom. The molecule has 0 radical (unpaired) electrons. The summed E-state index contributed by atoms with van der Waals surface area (Å²) >= 11 is 0. The zero-order chi connectivity index (χ0) is 17.7. The number of aromatic nitrogens is 2. The predicted molar refractivity (Wildman–Crippen MR) is 82.0 cm³/mol. The van der Waals surface area contributed by atoms with E-state index in [-0.39, 0.29) is 23.5 Å². The number of hydrogen-bond acceptors (Lipinski definition) is 6. The molecule has 0 unspecified atom stereocenters. The van der Waals surface area contributed by atoms with Crippen molar-refractivity contribution in [3.63, 3.8) is 0 Å². The van der Waals surface area contributed by atoms with E-state index in [9.17, 15) is 24.0 Å². The first-order valence-corrected chi connectivity index (χ1v) is 8.14. The van der Waals surface area contributed by atoms with Crippen LogP contribution < -0.4 is 26.6 Å². The summed E-state index contributed by atoms with van der Waals surface area (Å²) in [5.41, 5.74) is -1.33. The molecule has 0 aromatic carbocycles. The minimum absolute atomic E-state index is 0.000556. The Morgan fingerprint density at radius 3 is 2.28 bits per heavy atom. The zero-order valence-electron chi connectivity index (χ0n) is 13.1. The van der Waals surface area contributed by atoms with Crippen LogP contribution in [0.2, 0.25) is 0 Å². The lowest BCUT2D eigenvalue weighted by atomic mass is 9.67. The van der Waals surface area contributed by atoms with Crippen LogP contribution >= 0.6 is 0 Å². The molecule has 1 saturated heterocycles. The Balaban J connectivity index is 1.88. The van der Waals surface area contributed by atoms with Gasteiger partial charge in [0, 0.05) is 11.8 Å². The molecule has 1 saturated carbocycles. The summed E-state index contributed by atoms with van der Waals surface area (Å²) in [5.74, 6) is -3.74. The number of rotatable bonds is 1.